The van der Waals surface area contributed by atoms with E-state index in [-0.39, 0.29) is 29.1 Å². The maximum atomic E-state index is 11.1. The van der Waals surface area contributed by atoms with Crippen molar-refractivity contribution in [1.29, 1.82) is 0 Å². The third-order valence-corrected chi connectivity index (χ3v) is 2.54. The Hall–Kier alpha value is -1.82. The van der Waals surface area contributed by atoms with E-state index < -0.39 is 4.92 Å². The van der Waals surface area contributed by atoms with Crippen molar-refractivity contribution in [3.05, 3.63) is 27.8 Å². The zero-order chi connectivity index (χ0) is 13.9. The largest absolute Gasteiger partial charge is 0.486 e. The second-order valence-electron chi connectivity index (χ2n) is 4.92. The van der Waals surface area contributed by atoms with Gasteiger partial charge in [-0.2, -0.15) is 0 Å². The minimum absolute atomic E-state index is 0.0537. The molecule has 0 fully saturated rings. The molecule has 1 aromatic carbocycles. The lowest BCUT2D eigenvalue weighted by Crippen LogP contribution is -2.13. The number of nitro benzene ring substituents is 1. The smallest absolute Gasteiger partial charge is 0.313 e. The van der Waals surface area contributed by atoms with Crippen LogP contribution in [0.5, 0.6) is 5.75 Å². The van der Waals surface area contributed by atoms with Crippen molar-refractivity contribution in [3.63, 3.8) is 0 Å². The first-order valence-corrected chi connectivity index (χ1v) is 5.67. The van der Waals surface area contributed by atoms with E-state index in [1.807, 2.05) is 26.3 Å². The summed E-state index contributed by atoms with van der Waals surface area (Å²) in [6, 6.07) is 3.13. The Balaban J connectivity index is 3.48. The van der Waals surface area contributed by atoms with Crippen LogP contribution in [0.2, 0.25) is 0 Å². The lowest BCUT2D eigenvalue weighted by molar-refractivity contribution is -0.385. The molecule has 0 aliphatic carbocycles. The van der Waals surface area contributed by atoms with Crippen LogP contribution in [0, 0.1) is 10.1 Å². The first kappa shape index (κ1) is 14.2. The molecule has 100 valence electrons. The van der Waals surface area contributed by atoms with Crippen molar-refractivity contribution in [2.24, 2.45) is 0 Å². The van der Waals surface area contributed by atoms with Gasteiger partial charge in [0.1, 0.15) is 5.69 Å². The number of benzene rings is 1. The molecular weight excluding hydrogens is 236 g/mol. The highest BCUT2D eigenvalue weighted by Gasteiger charge is 2.25. The highest BCUT2D eigenvalue weighted by atomic mass is 16.6. The van der Waals surface area contributed by atoms with Crippen LogP contribution in [-0.4, -0.2) is 16.7 Å². The molecule has 0 saturated heterocycles. The summed E-state index contributed by atoms with van der Waals surface area (Å²) < 4.78 is 5.22. The van der Waals surface area contributed by atoms with Gasteiger partial charge in [0.15, 0.2) is 0 Å². The summed E-state index contributed by atoms with van der Waals surface area (Å²) in [5.41, 5.74) is 2.49. The minimum Gasteiger partial charge on any atom is -0.486 e. The van der Waals surface area contributed by atoms with Gasteiger partial charge in [0, 0.05) is 6.07 Å². The second kappa shape index (κ2) is 5.22. The number of hydrogen-bond donors (Lipinski definition) is 2. The van der Waals surface area contributed by atoms with Gasteiger partial charge in [0.05, 0.1) is 11.5 Å². The van der Waals surface area contributed by atoms with Crippen LogP contribution in [0.3, 0.4) is 0 Å². The maximum Gasteiger partial charge on any atom is 0.313 e. The SMILES string of the molecule is CCOc1c(NO)cc(C(C)(C)C)cc1[N+](=O)[O-]. The standard InChI is InChI=1S/C12H18N2O4/c1-5-18-11-9(13-15)6-8(12(2,3)4)7-10(11)14(16)17/h6-7,13,15H,5H2,1-4H3. The molecule has 0 aliphatic rings. The van der Waals surface area contributed by atoms with Crippen LogP contribution in [0.4, 0.5) is 11.4 Å². The zero-order valence-corrected chi connectivity index (χ0v) is 11.0. The fraction of sp³-hybridized carbons (Fsp3) is 0.500. The van der Waals surface area contributed by atoms with E-state index in [0.29, 0.717) is 0 Å². The lowest BCUT2D eigenvalue weighted by atomic mass is 9.86. The molecule has 0 spiro atoms. The summed E-state index contributed by atoms with van der Waals surface area (Å²) in [5.74, 6) is 0.0537. The van der Waals surface area contributed by atoms with Crippen molar-refractivity contribution in [1.82, 2.24) is 0 Å². The molecule has 0 radical (unpaired) electrons. The average Bonchev–Trinajstić information content (AvgIpc) is 2.27. The molecule has 0 bridgehead atoms. The highest BCUT2D eigenvalue weighted by Crippen LogP contribution is 2.39. The summed E-state index contributed by atoms with van der Waals surface area (Å²) in [7, 11) is 0. The van der Waals surface area contributed by atoms with E-state index in [4.69, 9.17) is 9.94 Å². The summed E-state index contributed by atoms with van der Waals surface area (Å²) in [6.07, 6.45) is 0. The second-order valence-corrected chi connectivity index (χ2v) is 4.92. The Bertz CT molecular complexity index is 452. The van der Waals surface area contributed by atoms with Gasteiger partial charge in [0.2, 0.25) is 5.75 Å². The third-order valence-electron chi connectivity index (χ3n) is 2.54. The summed E-state index contributed by atoms with van der Waals surface area (Å²) in [6.45, 7) is 7.82. The normalized spacial score (nSPS) is 11.2. The minimum atomic E-state index is -0.513. The highest BCUT2D eigenvalue weighted by molar-refractivity contribution is 5.67. The van der Waals surface area contributed by atoms with Crippen LogP contribution >= 0.6 is 0 Å². The van der Waals surface area contributed by atoms with E-state index in [2.05, 4.69) is 0 Å². The van der Waals surface area contributed by atoms with Gasteiger partial charge in [-0.25, -0.2) is 0 Å². The molecule has 0 aliphatic heterocycles. The predicted octanol–water partition coefficient (Wildman–Crippen LogP) is 3.09. The first-order chi connectivity index (χ1) is 8.31. The topological polar surface area (TPSA) is 84.6 Å². The van der Waals surface area contributed by atoms with E-state index in [1.165, 1.54) is 6.07 Å². The number of anilines is 1. The molecule has 0 unspecified atom stereocenters. The number of nitrogens with zero attached hydrogens (tertiary/aromatic N) is 1. The number of nitrogens with one attached hydrogen (secondary N) is 1. The van der Waals surface area contributed by atoms with Crippen LogP contribution in [0.15, 0.2) is 12.1 Å². The fourth-order valence-corrected chi connectivity index (χ4v) is 1.56. The zero-order valence-electron chi connectivity index (χ0n) is 11.0. The van der Waals surface area contributed by atoms with Gasteiger partial charge < -0.3 is 4.74 Å². The van der Waals surface area contributed by atoms with Crippen molar-refractivity contribution in [3.8, 4) is 5.75 Å². The predicted molar refractivity (Wildman–Crippen MR) is 68.4 cm³/mol. The Kier molecular flexibility index (Phi) is 4.13. The van der Waals surface area contributed by atoms with Crippen molar-refractivity contribution >= 4 is 11.4 Å². The lowest BCUT2D eigenvalue weighted by Gasteiger charge is -2.21. The molecule has 0 atom stereocenters. The van der Waals surface area contributed by atoms with Crippen LogP contribution < -0.4 is 10.2 Å². The maximum absolute atomic E-state index is 11.1. The molecule has 0 heterocycles. The van der Waals surface area contributed by atoms with Crippen molar-refractivity contribution in [2.45, 2.75) is 33.1 Å². The van der Waals surface area contributed by atoms with Gasteiger partial charge >= 0.3 is 5.69 Å². The van der Waals surface area contributed by atoms with Crippen LogP contribution in [0.1, 0.15) is 33.3 Å². The summed E-state index contributed by atoms with van der Waals surface area (Å²) in [4.78, 5) is 10.5. The van der Waals surface area contributed by atoms with Crippen molar-refractivity contribution < 1.29 is 14.9 Å². The molecule has 1 aromatic rings. The molecule has 2 N–H and O–H groups in total. The molecule has 0 aromatic heterocycles. The molecule has 0 saturated carbocycles. The fourth-order valence-electron chi connectivity index (χ4n) is 1.56. The average molecular weight is 254 g/mol. The molecule has 6 heteroatoms. The van der Waals surface area contributed by atoms with Gasteiger partial charge in [-0.15, -0.1) is 0 Å². The van der Waals surface area contributed by atoms with E-state index >= 15 is 0 Å². The molecule has 6 nitrogen and oxygen atoms in total. The molecule has 18 heavy (non-hydrogen) atoms. The molecule has 0 amide bonds. The number of hydrogen-bond acceptors (Lipinski definition) is 5. The third kappa shape index (κ3) is 2.89. The van der Waals surface area contributed by atoms with Gasteiger partial charge in [-0.05, 0) is 24.0 Å². The Morgan fingerprint density at radius 2 is 2.06 bits per heavy atom. The van der Waals surface area contributed by atoms with Crippen molar-refractivity contribution in [2.75, 3.05) is 12.1 Å². The summed E-state index contributed by atoms with van der Waals surface area (Å²) >= 11 is 0. The quantitative estimate of drug-likeness (QED) is 0.637. The monoisotopic (exact) mass is 254 g/mol. The van der Waals surface area contributed by atoms with Gasteiger partial charge in [-0.3, -0.25) is 20.8 Å². The van der Waals surface area contributed by atoms with E-state index in [9.17, 15) is 10.1 Å². The Morgan fingerprint density at radius 3 is 2.44 bits per heavy atom. The number of rotatable bonds is 4. The molecular formula is C12H18N2O4. The Labute approximate surface area is 106 Å². The molecule has 1 rings (SSSR count). The van der Waals surface area contributed by atoms with Crippen LogP contribution in [-0.2, 0) is 5.41 Å². The van der Waals surface area contributed by atoms with Gasteiger partial charge in [-0.1, -0.05) is 20.8 Å². The number of ether oxygens (including phenoxy) is 1. The first-order valence-electron chi connectivity index (χ1n) is 5.67. The van der Waals surface area contributed by atoms with Crippen LogP contribution in [0.25, 0.3) is 0 Å². The number of nitro groups is 1. The van der Waals surface area contributed by atoms with E-state index in [1.54, 1.807) is 13.0 Å². The van der Waals surface area contributed by atoms with Gasteiger partial charge in [0.25, 0.3) is 0 Å². The summed E-state index contributed by atoms with van der Waals surface area (Å²) in [5, 5.41) is 20.1. The Morgan fingerprint density at radius 1 is 1.44 bits per heavy atom. The van der Waals surface area contributed by atoms with E-state index in [0.717, 1.165) is 5.56 Å².